The van der Waals surface area contributed by atoms with Crippen LogP contribution in [0.4, 0.5) is 0 Å². The van der Waals surface area contributed by atoms with E-state index in [0.717, 1.165) is 6.42 Å². The maximum absolute atomic E-state index is 11.5. The van der Waals surface area contributed by atoms with Gasteiger partial charge in [0, 0.05) is 31.9 Å². The van der Waals surface area contributed by atoms with Gasteiger partial charge in [-0.2, -0.15) is 5.10 Å². The molecule has 0 radical (unpaired) electrons. The zero-order valence-corrected chi connectivity index (χ0v) is 10.5. The second-order valence-corrected chi connectivity index (χ2v) is 4.15. The topological polar surface area (TPSA) is 84.2 Å². The number of carboxylic acids is 1. The highest BCUT2D eigenvalue weighted by Crippen LogP contribution is 2.05. The van der Waals surface area contributed by atoms with Crippen molar-refractivity contribution >= 4 is 11.9 Å². The lowest BCUT2D eigenvalue weighted by Crippen LogP contribution is -2.33. The Hall–Kier alpha value is -1.85. The molecule has 1 rings (SSSR count). The number of aliphatic carboxylic acids is 1. The summed E-state index contributed by atoms with van der Waals surface area (Å²) in [7, 11) is 0. The molecular weight excluding hydrogens is 234 g/mol. The number of nitrogens with zero attached hydrogens (tertiary/aromatic N) is 2. The van der Waals surface area contributed by atoms with Crippen molar-refractivity contribution in [3.05, 3.63) is 18.5 Å². The number of aromatic nitrogens is 2. The van der Waals surface area contributed by atoms with E-state index in [1.165, 1.54) is 0 Å². The standard InChI is InChI=1S/C12H19N3O3/c1-2-4-10(12(17)18)9-13-11(16)5-8-15-7-3-6-14-15/h3,6-7,10H,2,4-5,8-9H2,1H3,(H,13,16)(H,17,18). The van der Waals surface area contributed by atoms with Gasteiger partial charge >= 0.3 is 5.97 Å². The Balaban J connectivity index is 2.25. The van der Waals surface area contributed by atoms with E-state index in [1.807, 2.05) is 6.92 Å². The van der Waals surface area contributed by atoms with Gasteiger partial charge in [-0.25, -0.2) is 0 Å². The van der Waals surface area contributed by atoms with Crippen LogP contribution in [0.15, 0.2) is 18.5 Å². The monoisotopic (exact) mass is 253 g/mol. The van der Waals surface area contributed by atoms with Crippen LogP contribution in [0.3, 0.4) is 0 Å². The number of carbonyl (C=O) groups is 2. The summed E-state index contributed by atoms with van der Waals surface area (Å²) in [5, 5.41) is 15.6. The third-order valence-electron chi connectivity index (χ3n) is 2.66. The second kappa shape index (κ2) is 7.47. The maximum Gasteiger partial charge on any atom is 0.308 e. The van der Waals surface area contributed by atoms with Gasteiger partial charge in [-0.05, 0) is 12.5 Å². The summed E-state index contributed by atoms with van der Waals surface area (Å²) >= 11 is 0. The van der Waals surface area contributed by atoms with Gasteiger partial charge in [-0.3, -0.25) is 14.3 Å². The summed E-state index contributed by atoms with van der Waals surface area (Å²) in [5.74, 6) is -1.50. The van der Waals surface area contributed by atoms with Crippen molar-refractivity contribution in [1.29, 1.82) is 0 Å². The average molecular weight is 253 g/mol. The molecule has 18 heavy (non-hydrogen) atoms. The number of hydrogen-bond acceptors (Lipinski definition) is 3. The molecule has 0 aliphatic heterocycles. The molecule has 100 valence electrons. The van der Waals surface area contributed by atoms with Crippen LogP contribution in [-0.4, -0.2) is 33.3 Å². The SMILES string of the molecule is CCCC(CNC(=O)CCn1cccn1)C(=O)O. The molecule has 1 unspecified atom stereocenters. The van der Waals surface area contributed by atoms with Gasteiger partial charge in [0.15, 0.2) is 0 Å². The van der Waals surface area contributed by atoms with E-state index in [2.05, 4.69) is 10.4 Å². The summed E-state index contributed by atoms with van der Waals surface area (Å²) in [4.78, 5) is 22.4. The molecule has 0 fully saturated rings. The fraction of sp³-hybridized carbons (Fsp3) is 0.583. The van der Waals surface area contributed by atoms with Gasteiger partial charge in [0.1, 0.15) is 0 Å². The van der Waals surface area contributed by atoms with Gasteiger partial charge < -0.3 is 10.4 Å². The highest BCUT2D eigenvalue weighted by atomic mass is 16.4. The first kappa shape index (κ1) is 14.2. The number of rotatable bonds is 8. The molecule has 0 saturated heterocycles. The number of hydrogen-bond donors (Lipinski definition) is 2. The fourth-order valence-electron chi connectivity index (χ4n) is 1.64. The first-order chi connectivity index (χ1) is 8.63. The molecule has 0 aliphatic rings. The predicted molar refractivity (Wildman–Crippen MR) is 65.9 cm³/mol. The minimum atomic E-state index is -0.857. The molecule has 0 saturated carbocycles. The average Bonchev–Trinajstić information content (AvgIpc) is 2.84. The molecule has 6 heteroatoms. The third kappa shape index (κ3) is 4.99. The van der Waals surface area contributed by atoms with E-state index < -0.39 is 11.9 Å². The Morgan fingerprint density at radius 2 is 2.28 bits per heavy atom. The van der Waals surface area contributed by atoms with Crippen LogP contribution in [-0.2, 0) is 16.1 Å². The van der Waals surface area contributed by atoms with Crippen LogP contribution in [0.5, 0.6) is 0 Å². The first-order valence-electron chi connectivity index (χ1n) is 6.10. The lowest BCUT2D eigenvalue weighted by atomic mass is 10.0. The molecule has 1 aromatic heterocycles. The largest absolute Gasteiger partial charge is 0.481 e. The van der Waals surface area contributed by atoms with Gasteiger partial charge in [-0.1, -0.05) is 13.3 Å². The van der Waals surface area contributed by atoms with Crippen molar-refractivity contribution < 1.29 is 14.7 Å². The van der Waals surface area contributed by atoms with E-state index in [0.29, 0.717) is 19.4 Å². The summed E-state index contributed by atoms with van der Waals surface area (Å²) in [6.07, 6.45) is 5.11. The Morgan fingerprint density at radius 1 is 1.50 bits per heavy atom. The van der Waals surface area contributed by atoms with Crippen LogP contribution in [0.1, 0.15) is 26.2 Å². The Bertz CT molecular complexity index is 376. The second-order valence-electron chi connectivity index (χ2n) is 4.15. The minimum Gasteiger partial charge on any atom is -0.481 e. The molecule has 2 N–H and O–H groups in total. The van der Waals surface area contributed by atoms with Crippen molar-refractivity contribution in [2.45, 2.75) is 32.7 Å². The zero-order valence-electron chi connectivity index (χ0n) is 10.5. The van der Waals surface area contributed by atoms with E-state index in [4.69, 9.17) is 5.11 Å². The molecule has 0 bridgehead atoms. The molecular formula is C12H19N3O3. The first-order valence-corrected chi connectivity index (χ1v) is 6.10. The quantitative estimate of drug-likeness (QED) is 0.720. The number of carboxylic acid groups (broad SMARTS) is 1. The van der Waals surface area contributed by atoms with Crippen molar-refractivity contribution in [2.75, 3.05) is 6.54 Å². The lowest BCUT2D eigenvalue weighted by molar-refractivity contribution is -0.141. The van der Waals surface area contributed by atoms with E-state index in [1.54, 1.807) is 23.1 Å². The Kier molecular flexibility index (Phi) is 5.90. The van der Waals surface area contributed by atoms with Crippen LogP contribution in [0, 0.1) is 5.92 Å². The maximum atomic E-state index is 11.5. The van der Waals surface area contributed by atoms with Crippen molar-refractivity contribution in [1.82, 2.24) is 15.1 Å². The highest BCUT2D eigenvalue weighted by molar-refractivity contribution is 5.77. The Morgan fingerprint density at radius 3 is 2.83 bits per heavy atom. The fourth-order valence-corrected chi connectivity index (χ4v) is 1.64. The molecule has 1 amide bonds. The summed E-state index contributed by atoms with van der Waals surface area (Å²) < 4.78 is 1.67. The van der Waals surface area contributed by atoms with Crippen molar-refractivity contribution in [2.24, 2.45) is 5.92 Å². The molecule has 1 aromatic rings. The third-order valence-corrected chi connectivity index (χ3v) is 2.66. The molecule has 1 heterocycles. The van der Waals surface area contributed by atoms with Crippen molar-refractivity contribution in [3.8, 4) is 0 Å². The number of carbonyl (C=O) groups excluding carboxylic acids is 1. The molecule has 6 nitrogen and oxygen atoms in total. The predicted octanol–water partition coefficient (Wildman–Crippen LogP) is 0.890. The van der Waals surface area contributed by atoms with E-state index in [-0.39, 0.29) is 12.5 Å². The Labute approximate surface area is 106 Å². The van der Waals surface area contributed by atoms with Crippen molar-refractivity contribution in [3.63, 3.8) is 0 Å². The number of nitrogens with one attached hydrogen (secondary N) is 1. The number of amides is 1. The summed E-state index contributed by atoms with van der Waals surface area (Å²) in [6.45, 7) is 2.63. The number of aryl methyl sites for hydroxylation is 1. The highest BCUT2D eigenvalue weighted by Gasteiger charge is 2.16. The van der Waals surface area contributed by atoms with E-state index in [9.17, 15) is 9.59 Å². The smallest absolute Gasteiger partial charge is 0.308 e. The van der Waals surface area contributed by atoms with Gasteiger partial charge in [-0.15, -0.1) is 0 Å². The van der Waals surface area contributed by atoms with E-state index >= 15 is 0 Å². The minimum absolute atomic E-state index is 0.146. The lowest BCUT2D eigenvalue weighted by Gasteiger charge is -2.12. The molecule has 0 aliphatic carbocycles. The summed E-state index contributed by atoms with van der Waals surface area (Å²) in [5.41, 5.74) is 0. The van der Waals surface area contributed by atoms with Gasteiger partial charge in [0.25, 0.3) is 0 Å². The van der Waals surface area contributed by atoms with Crippen LogP contribution in [0.25, 0.3) is 0 Å². The zero-order chi connectivity index (χ0) is 13.4. The molecule has 0 spiro atoms. The van der Waals surface area contributed by atoms with Gasteiger partial charge in [0.2, 0.25) is 5.91 Å². The van der Waals surface area contributed by atoms with Crippen LogP contribution < -0.4 is 5.32 Å². The van der Waals surface area contributed by atoms with Crippen LogP contribution >= 0.6 is 0 Å². The molecule has 1 atom stereocenters. The van der Waals surface area contributed by atoms with Gasteiger partial charge in [0.05, 0.1) is 5.92 Å². The molecule has 0 aromatic carbocycles. The van der Waals surface area contributed by atoms with Crippen LogP contribution in [0.2, 0.25) is 0 Å². The summed E-state index contributed by atoms with van der Waals surface area (Å²) in [6, 6.07) is 1.79. The normalized spacial score (nSPS) is 12.1.